The van der Waals surface area contributed by atoms with E-state index in [1.54, 1.807) is 6.07 Å². The Morgan fingerprint density at radius 3 is 3.12 bits per heavy atom. The summed E-state index contributed by atoms with van der Waals surface area (Å²) in [6.07, 6.45) is 2.30. The second kappa shape index (κ2) is 5.56. The number of rotatable bonds is 3. The van der Waals surface area contributed by atoms with Crippen LogP contribution >= 0.6 is 12.6 Å². The molecule has 0 bridgehead atoms. The fourth-order valence-corrected chi connectivity index (χ4v) is 2.17. The minimum absolute atomic E-state index is 0.0473. The van der Waals surface area contributed by atoms with Crippen molar-refractivity contribution < 1.29 is 9.53 Å². The minimum Gasteiger partial charge on any atom is -0.376 e. The number of nitrogens with one attached hydrogen (secondary N) is 1. The van der Waals surface area contributed by atoms with E-state index in [1.165, 1.54) is 0 Å². The highest BCUT2D eigenvalue weighted by Gasteiger charge is 2.17. The number of carbonyl (C=O) groups excluding carboxylic acids is 1. The summed E-state index contributed by atoms with van der Waals surface area (Å²) in [7, 11) is 0. The minimum atomic E-state index is -0.0473. The molecule has 0 spiro atoms. The van der Waals surface area contributed by atoms with E-state index >= 15 is 0 Å². The van der Waals surface area contributed by atoms with Crippen molar-refractivity contribution in [3.8, 4) is 0 Å². The van der Waals surface area contributed by atoms with Crippen LogP contribution in [-0.2, 0) is 4.74 Å². The monoisotopic (exact) mass is 251 g/mol. The molecule has 0 aliphatic carbocycles. The lowest BCUT2D eigenvalue weighted by Crippen LogP contribution is -2.32. The lowest BCUT2D eigenvalue weighted by atomic mass is 10.1. The Labute approximate surface area is 107 Å². The first-order valence-electron chi connectivity index (χ1n) is 5.86. The van der Waals surface area contributed by atoms with Gasteiger partial charge in [-0.1, -0.05) is 6.07 Å². The van der Waals surface area contributed by atoms with Crippen LogP contribution in [-0.4, -0.2) is 25.2 Å². The molecule has 0 saturated carbocycles. The zero-order chi connectivity index (χ0) is 12.3. The summed E-state index contributed by atoms with van der Waals surface area (Å²) in [5.74, 6) is -0.0473. The first-order valence-corrected chi connectivity index (χ1v) is 6.31. The number of hydrogen-bond donors (Lipinski definition) is 2. The molecule has 1 unspecified atom stereocenters. The van der Waals surface area contributed by atoms with E-state index < -0.39 is 0 Å². The Balaban J connectivity index is 1.96. The first-order chi connectivity index (χ1) is 8.16. The van der Waals surface area contributed by atoms with Crippen LogP contribution in [0.1, 0.15) is 28.8 Å². The Kier molecular flexibility index (Phi) is 4.07. The van der Waals surface area contributed by atoms with E-state index in [9.17, 15) is 4.79 Å². The van der Waals surface area contributed by atoms with Gasteiger partial charge in [-0.05, 0) is 37.5 Å². The van der Waals surface area contributed by atoms with Gasteiger partial charge in [0.15, 0.2) is 0 Å². The molecule has 1 fully saturated rings. The van der Waals surface area contributed by atoms with Gasteiger partial charge in [-0.15, -0.1) is 12.6 Å². The molecule has 3 nitrogen and oxygen atoms in total. The van der Waals surface area contributed by atoms with Crippen molar-refractivity contribution in [2.45, 2.75) is 30.8 Å². The molecule has 1 heterocycles. The lowest BCUT2D eigenvalue weighted by molar-refractivity contribution is 0.0857. The average molecular weight is 251 g/mol. The number of benzene rings is 1. The fourth-order valence-electron chi connectivity index (χ4n) is 1.96. The van der Waals surface area contributed by atoms with Gasteiger partial charge in [0.25, 0.3) is 5.91 Å². The van der Waals surface area contributed by atoms with Crippen LogP contribution in [0, 0.1) is 6.92 Å². The molecule has 2 rings (SSSR count). The predicted octanol–water partition coefficient (Wildman–Crippen LogP) is 2.19. The highest BCUT2D eigenvalue weighted by Crippen LogP contribution is 2.15. The molecule has 1 amide bonds. The number of thiol groups is 1. The Morgan fingerprint density at radius 1 is 1.59 bits per heavy atom. The molecule has 17 heavy (non-hydrogen) atoms. The third kappa shape index (κ3) is 3.23. The van der Waals surface area contributed by atoms with Crippen molar-refractivity contribution in [2.75, 3.05) is 13.2 Å². The van der Waals surface area contributed by atoms with Crippen LogP contribution < -0.4 is 5.32 Å². The van der Waals surface area contributed by atoms with Crippen molar-refractivity contribution >= 4 is 18.5 Å². The number of carbonyl (C=O) groups is 1. The summed E-state index contributed by atoms with van der Waals surface area (Å²) >= 11 is 4.25. The maximum absolute atomic E-state index is 12.0. The van der Waals surface area contributed by atoms with E-state index in [0.717, 1.165) is 29.9 Å². The van der Waals surface area contributed by atoms with Crippen LogP contribution in [0.25, 0.3) is 0 Å². The van der Waals surface area contributed by atoms with E-state index in [0.29, 0.717) is 12.1 Å². The lowest BCUT2D eigenvalue weighted by Gasteiger charge is -2.12. The van der Waals surface area contributed by atoms with Crippen molar-refractivity contribution in [3.05, 3.63) is 29.3 Å². The number of ether oxygens (including phenoxy) is 1. The molecule has 1 aliphatic heterocycles. The quantitative estimate of drug-likeness (QED) is 0.808. The van der Waals surface area contributed by atoms with Gasteiger partial charge in [-0.25, -0.2) is 0 Å². The summed E-state index contributed by atoms with van der Waals surface area (Å²) < 4.78 is 5.46. The van der Waals surface area contributed by atoms with Crippen LogP contribution in [0.5, 0.6) is 0 Å². The van der Waals surface area contributed by atoms with Gasteiger partial charge >= 0.3 is 0 Å². The van der Waals surface area contributed by atoms with Gasteiger partial charge < -0.3 is 10.1 Å². The third-order valence-corrected chi connectivity index (χ3v) is 3.26. The maximum atomic E-state index is 12.0. The average Bonchev–Trinajstić information content (AvgIpc) is 2.82. The van der Waals surface area contributed by atoms with Crippen molar-refractivity contribution in [2.24, 2.45) is 0 Å². The van der Waals surface area contributed by atoms with E-state index in [4.69, 9.17) is 4.74 Å². The van der Waals surface area contributed by atoms with Gasteiger partial charge in [0.2, 0.25) is 0 Å². The molecular weight excluding hydrogens is 234 g/mol. The van der Waals surface area contributed by atoms with Crippen LogP contribution in [0.3, 0.4) is 0 Å². The molecule has 4 heteroatoms. The first kappa shape index (κ1) is 12.5. The second-order valence-corrected chi connectivity index (χ2v) is 4.86. The number of amides is 1. The zero-order valence-corrected chi connectivity index (χ0v) is 10.8. The predicted molar refractivity (Wildman–Crippen MR) is 69.7 cm³/mol. The standard InChI is InChI=1S/C13H17NO2S/c1-9-4-5-11(17)7-12(9)13(15)14-8-10-3-2-6-16-10/h4-5,7,10,17H,2-3,6,8H2,1H3,(H,14,15). The summed E-state index contributed by atoms with van der Waals surface area (Å²) in [6.45, 7) is 3.33. The van der Waals surface area contributed by atoms with Crippen LogP contribution in [0.2, 0.25) is 0 Å². The van der Waals surface area contributed by atoms with Crippen molar-refractivity contribution in [3.63, 3.8) is 0 Å². The number of aryl methyl sites for hydroxylation is 1. The van der Waals surface area contributed by atoms with E-state index in [1.807, 2.05) is 19.1 Å². The maximum Gasteiger partial charge on any atom is 0.251 e. The van der Waals surface area contributed by atoms with E-state index in [2.05, 4.69) is 17.9 Å². The SMILES string of the molecule is Cc1ccc(S)cc1C(=O)NCC1CCCO1. The number of hydrogen-bond acceptors (Lipinski definition) is 3. The third-order valence-electron chi connectivity index (χ3n) is 2.98. The Hall–Kier alpha value is -1.00. The van der Waals surface area contributed by atoms with Crippen LogP contribution in [0.15, 0.2) is 23.1 Å². The van der Waals surface area contributed by atoms with Crippen molar-refractivity contribution in [1.29, 1.82) is 0 Å². The fraction of sp³-hybridized carbons (Fsp3) is 0.462. The van der Waals surface area contributed by atoms with Crippen LogP contribution in [0.4, 0.5) is 0 Å². The molecule has 1 aliphatic rings. The van der Waals surface area contributed by atoms with E-state index in [-0.39, 0.29) is 12.0 Å². The highest BCUT2D eigenvalue weighted by molar-refractivity contribution is 7.80. The van der Waals surface area contributed by atoms with Gasteiger partial charge in [-0.2, -0.15) is 0 Å². The molecule has 1 N–H and O–H groups in total. The van der Waals surface area contributed by atoms with Crippen molar-refractivity contribution in [1.82, 2.24) is 5.32 Å². The summed E-state index contributed by atoms with van der Waals surface area (Å²) in [4.78, 5) is 12.8. The molecule has 0 radical (unpaired) electrons. The Morgan fingerprint density at radius 2 is 2.41 bits per heavy atom. The summed E-state index contributed by atoms with van der Waals surface area (Å²) in [6, 6.07) is 5.59. The smallest absolute Gasteiger partial charge is 0.251 e. The second-order valence-electron chi connectivity index (χ2n) is 4.34. The normalized spacial score (nSPS) is 19.3. The topological polar surface area (TPSA) is 38.3 Å². The Bertz CT molecular complexity index is 414. The molecule has 1 atom stereocenters. The van der Waals surface area contributed by atoms with Gasteiger partial charge in [-0.3, -0.25) is 4.79 Å². The molecular formula is C13H17NO2S. The molecule has 1 aromatic rings. The largest absolute Gasteiger partial charge is 0.376 e. The van der Waals surface area contributed by atoms with Gasteiger partial charge in [0.05, 0.1) is 6.10 Å². The molecule has 92 valence electrons. The summed E-state index contributed by atoms with van der Waals surface area (Å²) in [5, 5.41) is 2.91. The van der Waals surface area contributed by atoms with Gasteiger partial charge in [0, 0.05) is 23.6 Å². The molecule has 0 aromatic heterocycles. The highest BCUT2D eigenvalue weighted by atomic mass is 32.1. The van der Waals surface area contributed by atoms with Gasteiger partial charge in [0.1, 0.15) is 0 Å². The summed E-state index contributed by atoms with van der Waals surface area (Å²) in [5.41, 5.74) is 1.66. The molecule has 1 saturated heterocycles. The zero-order valence-electron chi connectivity index (χ0n) is 9.90. The molecule has 1 aromatic carbocycles.